The summed E-state index contributed by atoms with van der Waals surface area (Å²) in [5, 5.41) is 4.86. The monoisotopic (exact) mass is 352 g/mol. The lowest BCUT2D eigenvalue weighted by atomic mass is 10.2. The van der Waals surface area contributed by atoms with E-state index in [9.17, 15) is 0 Å². The van der Waals surface area contributed by atoms with E-state index in [1.165, 1.54) is 10.3 Å². The fourth-order valence-corrected chi connectivity index (χ4v) is 3.18. The minimum absolute atomic E-state index is 0.697. The molecule has 1 heterocycles. The third-order valence-corrected chi connectivity index (χ3v) is 4.59. The zero-order valence-electron chi connectivity index (χ0n) is 10.1. The Morgan fingerprint density at radius 1 is 1.21 bits per heavy atom. The lowest BCUT2D eigenvalue weighted by Crippen LogP contribution is -1.90. The average molecular weight is 354 g/mol. The Balaban J connectivity index is 1.98. The Bertz CT molecular complexity index is 754. The zero-order valence-corrected chi connectivity index (χ0v) is 13.2. The summed E-state index contributed by atoms with van der Waals surface area (Å²) in [4.78, 5) is 4.58. The van der Waals surface area contributed by atoms with Crippen LogP contribution in [0.25, 0.3) is 10.2 Å². The predicted molar refractivity (Wildman–Crippen MR) is 86.8 cm³/mol. The normalized spacial score (nSPS) is 10.9. The summed E-state index contributed by atoms with van der Waals surface area (Å²) in [6, 6.07) is 11.9. The third kappa shape index (κ3) is 2.76. The molecule has 0 fully saturated rings. The maximum absolute atomic E-state index is 6.00. The number of anilines is 2. The number of halogens is 2. The van der Waals surface area contributed by atoms with Crippen LogP contribution < -0.4 is 5.32 Å². The second kappa shape index (κ2) is 5.12. The molecule has 19 heavy (non-hydrogen) atoms. The Labute approximate surface area is 128 Å². The van der Waals surface area contributed by atoms with Crippen LogP contribution in [0.3, 0.4) is 0 Å². The number of hydrogen-bond donors (Lipinski definition) is 1. The molecule has 0 bridgehead atoms. The van der Waals surface area contributed by atoms with Crippen LogP contribution in [0.5, 0.6) is 0 Å². The van der Waals surface area contributed by atoms with Gasteiger partial charge in [-0.25, -0.2) is 4.98 Å². The molecule has 96 valence electrons. The molecule has 0 saturated heterocycles. The first kappa shape index (κ1) is 12.9. The van der Waals surface area contributed by atoms with E-state index in [4.69, 9.17) is 11.6 Å². The van der Waals surface area contributed by atoms with Crippen LogP contribution >= 0.6 is 38.9 Å². The van der Waals surface area contributed by atoms with Crippen molar-refractivity contribution < 1.29 is 0 Å². The van der Waals surface area contributed by atoms with Gasteiger partial charge in [0.25, 0.3) is 0 Å². The number of aryl methyl sites for hydroxylation is 1. The average Bonchev–Trinajstić information content (AvgIpc) is 2.75. The van der Waals surface area contributed by atoms with Gasteiger partial charge < -0.3 is 5.32 Å². The molecule has 3 rings (SSSR count). The Morgan fingerprint density at radius 3 is 2.89 bits per heavy atom. The maximum atomic E-state index is 6.00. The summed E-state index contributed by atoms with van der Waals surface area (Å²) in [7, 11) is 0. The van der Waals surface area contributed by atoms with Gasteiger partial charge in [0.15, 0.2) is 5.13 Å². The van der Waals surface area contributed by atoms with Gasteiger partial charge in [0.2, 0.25) is 0 Å². The van der Waals surface area contributed by atoms with Crippen LogP contribution in [0.2, 0.25) is 5.02 Å². The molecule has 0 spiro atoms. The number of nitrogens with zero attached hydrogens (tertiary/aromatic N) is 1. The number of benzene rings is 2. The van der Waals surface area contributed by atoms with E-state index in [-0.39, 0.29) is 0 Å². The molecule has 0 saturated carbocycles. The van der Waals surface area contributed by atoms with Crippen LogP contribution in [-0.4, -0.2) is 4.98 Å². The van der Waals surface area contributed by atoms with Crippen molar-refractivity contribution in [2.45, 2.75) is 6.92 Å². The van der Waals surface area contributed by atoms with Gasteiger partial charge in [-0.05, 0) is 58.7 Å². The van der Waals surface area contributed by atoms with Gasteiger partial charge in [-0.1, -0.05) is 29.0 Å². The smallest absolute Gasteiger partial charge is 0.188 e. The minimum Gasteiger partial charge on any atom is -0.331 e. The van der Waals surface area contributed by atoms with Crippen LogP contribution in [-0.2, 0) is 0 Å². The summed E-state index contributed by atoms with van der Waals surface area (Å²) < 4.78 is 2.14. The molecule has 0 aliphatic carbocycles. The van der Waals surface area contributed by atoms with Gasteiger partial charge >= 0.3 is 0 Å². The van der Waals surface area contributed by atoms with Crippen molar-refractivity contribution in [2.75, 3.05) is 5.32 Å². The molecule has 0 radical (unpaired) electrons. The van der Waals surface area contributed by atoms with E-state index in [2.05, 4.69) is 51.4 Å². The zero-order chi connectivity index (χ0) is 13.4. The van der Waals surface area contributed by atoms with E-state index in [1.807, 2.05) is 18.2 Å². The molecule has 0 aliphatic heterocycles. The predicted octanol–water partition coefficient (Wildman–Crippen LogP) is 5.76. The molecule has 0 atom stereocenters. The van der Waals surface area contributed by atoms with Gasteiger partial charge in [-0.3, -0.25) is 0 Å². The molecule has 5 heteroatoms. The van der Waals surface area contributed by atoms with Crippen molar-refractivity contribution in [3.05, 3.63) is 51.5 Å². The summed E-state index contributed by atoms with van der Waals surface area (Å²) in [5.74, 6) is 0. The Morgan fingerprint density at radius 2 is 2.05 bits per heavy atom. The van der Waals surface area contributed by atoms with Crippen molar-refractivity contribution in [2.24, 2.45) is 0 Å². The fraction of sp³-hybridized carbons (Fsp3) is 0.0714. The van der Waals surface area contributed by atoms with Crippen molar-refractivity contribution in [1.29, 1.82) is 0 Å². The first-order chi connectivity index (χ1) is 9.11. The third-order valence-electron chi connectivity index (χ3n) is 2.71. The van der Waals surface area contributed by atoms with Gasteiger partial charge in [-0.2, -0.15) is 0 Å². The van der Waals surface area contributed by atoms with E-state index in [0.29, 0.717) is 5.02 Å². The van der Waals surface area contributed by atoms with Gasteiger partial charge in [0.05, 0.1) is 15.9 Å². The van der Waals surface area contributed by atoms with E-state index < -0.39 is 0 Å². The number of thiazole rings is 1. The number of aromatic nitrogens is 1. The molecule has 0 amide bonds. The molecule has 2 nitrogen and oxygen atoms in total. The van der Waals surface area contributed by atoms with Crippen molar-refractivity contribution >= 4 is 59.9 Å². The van der Waals surface area contributed by atoms with Crippen LogP contribution in [0.1, 0.15) is 5.56 Å². The van der Waals surface area contributed by atoms with Crippen LogP contribution in [0.4, 0.5) is 10.8 Å². The summed E-state index contributed by atoms with van der Waals surface area (Å²) in [5.41, 5.74) is 3.15. The topological polar surface area (TPSA) is 24.9 Å². The SMILES string of the molecule is Cc1ccc2sc(Nc3cc(Cl)ccc3Br)nc2c1. The summed E-state index contributed by atoms with van der Waals surface area (Å²) in [6.07, 6.45) is 0. The molecule has 2 aromatic carbocycles. The molecule has 1 N–H and O–H groups in total. The second-order valence-corrected chi connectivity index (χ2v) is 6.56. The van der Waals surface area contributed by atoms with Gasteiger partial charge in [0.1, 0.15) is 0 Å². The fourth-order valence-electron chi connectivity index (χ4n) is 1.80. The molecule has 0 unspecified atom stereocenters. The number of fused-ring (bicyclic) bond motifs is 1. The number of nitrogens with one attached hydrogen (secondary N) is 1. The first-order valence-electron chi connectivity index (χ1n) is 5.71. The van der Waals surface area contributed by atoms with E-state index in [1.54, 1.807) is 11.3 Å². The highest BCUT2D eigenvalue weighted by molar-refractivity contribution is 9.10. The lowest BCUT2D eigenvalue weighted by molar-refractivity contribution is 1.42. The number of hydrogen-bond acceptors (Lipinski definition) is 3. The highest BCUT2D eigenvalue weighted by Crippen LogP contribution is 2.32. The standard InChI is InChI=1S/C14H10BrClN2S/c1-8-2-5-13-12(6-8)18-14(19-13)17-11-7-9(16)3-4-10(11)15/h2-7H,1H3,(H,17,18). The highest BCUT2D eigenvalue weighted by atomic mass is 79.9. The maximum Gasteiger partial charge on any atom is 0.188 e. The van der Waals surface area contributed by atoms with Crippen LogP contribution in [0, 0.1) is 6.92 Å². The van der Waals surface area contributed by atoms with Crippen molar-refractivity contribution in [3.8, 4) is 0 Å². The molecule has 0 aliphatic rings. The molecule has 3 aromatic rings. The largest absolute Gasteiger partial charge is 0.331 e. The second-order valence-electron chi connectivity index (χ2n) is 4.24. The lowest BCUT2D eigenvalue weighted by Gasteiger charge is -2.05. The summed E-state index contributed by atoms with van der Waals surface area (Å²) in [6.45, 7) is 2.07. The first-order valence-corrected chi connectivity index (χ1v) is 7.70. The Kier molecular flexibility index (Phi) is 3.48. The summed E-state index contributed by atoms with van der Waals surface area (Å²) >= 11 is 11.1. The highest BCUT2D eigenvalue weighted by Gasteiger charge is 2.06. The molecular weight excluding hydrogens is 344 g/mol. The minimum atomic E-state index is 0.697. The quantitative estimate of drug-likeness (QED) is 0.633. The van der Waals surface area contributed by atoms with Crippen molar-refractivity contribution in [1.82, 2.24) is 4.98 Å². The van der Waals surface area contributed by atoms with Crippen LogP contribution in [0.15, 0.2) is 40.9 Å². The Hall–Kier alpha value is -1.10. The van der Waals surface area contributed by atoms with Gasteiger partial charge in [0, 0.05) is 9.50 Å². The molecular formula is C14H10BrClN2S. The van der Waals surface area contributed by atoms with Gasteiger partial charge in [-0.15, -0.1) is 0 Å². The number of rotatable bonds is 2. The van der Waals surface area contributed by atoms with E-state index >= 15 is 0 Å². The van der Waals surface area contributed by atoms with E-state index in [0.717, 1.165) is 20.8 Å². The van der Waals surface area contributed by atoms with Crippen molar-refractivity contribution in [3.63, 3.8) is 0 Å². The molecule has 1 aromatic heterocycles.